The van der Waals surface area contributed by atoms with Gasteiger partial charge in [-0.3, -0.25) is 19.1 Å². The normalized spacial score (nSPS) is 19.7. The number of piperazine rings is 1. The topological polar surface area (TPSA) is 150 Å². The predicted octanol–water partition coefficient (Wildman–Crippen LogP) is 3.60. The zero-order valence-electron chi connectivity index (χ0n) is 32.9. The average Bonchev–Trinajstić information content (AvgIpc) is 3.38. The van der Waals surface area contributed by atoms with Crippen LogP contribution in [0.5, 0.6) is 0 Å². The minimum atomic E-state index is -1.07. The monoisotopic (exact) mass is 773 g/mol. The molecule has 15 heteroatoms. The van der Waals surface area contributed by atoms with Crippen LogP contribution in [-0.4, -0.2) is 143 Å². The third kappa shape index (κ3) is 8.88. The molecule has 4 amide bonds. The van der Waals surface area contributed by atoms with Gasteiger partial charge in [-0.25, -0.2) is 14.4 Å². The number of carbonyl (C=O) groups excluding carboxylic acids is 4. The van der Waals surface area contributed by atoms with Crippen LogP contribution in [0.25, 0.3) is 11.1 Å². The van der Waals surface area contributed by atoms with E-state index in [0.29, 0.717) is 82.3 Å². The fourth-order valence-corrected chi connectivity index (χ4v) is 8.88. The van der Waals surface area contributed by atoms with Gasteiger partial charge in [0.1, 0.15) is 0 Å². The van der Waals surface area contributed by atoms with Gasteiger partial charge in [0.05, 0.1) is 18.5 Å². The molecule has 4 aliphatic heterocycles. The number of anilines is 1. The summed E-state index contributed by atoms with van der Waals surface area (Å²) in [5.74, 6) is -0.858. The van der Waals surface area contributed by atoms with Crippen molar-refractivity contribution >= 4 is 40.8 Å². The summed E-state index contributed by atoms with van der Waals surface area (Å²) in [6.45, 7) is 10.9. The second-order valence-electron chi connectivity index (χ2n) is 15.5. The van der Waals surface area contributed by atoms with Crippen molar-refractivity contribution in [2.24, 2.45) is 7.05 Å². The number of ether oxygens (including phenoxy) is 2. The summed E-state index contributed by atoms with van der Waals surface area (Å²) in [7, 11) is 1.66. The highest BCUT2D eigenvalue weighted by Crippen LogP contribution is 2.27. The van der Waals surface area contributed by atoms with Gasteiger partial charge >= 0.3 is 23.8 Å². The summed E-state index contributed by atoms with van der Waals surface area (Å²) in [5.41, 5.74) is 4.62. The molecule has 3 saturated heterocycles. The standard InChI is InChI=1S/C41H55N7O8/c1-4-54-36(49)14-15-44-21-23-45(24-22-44)31-10-16-46(17-11-31)38(50)35(27-29-25-28(2)37-34(26-29)55-40(52)43(37)3)56-41(53)47-18-12-32(13-19-47)48-20-9-30-7-5-6-8-33(30)42-39(48)51/h5-8,25-26,31-32,35H,4,9-24,27H2,1-3H3,(H,42,51)/t35-/m1/s1. The van der Waals surface area contributed by atoms with Gasteiger partial charge in [-0.05, 0) is 74.8 Å². The zero-order valence-corrected chi connectivity index (χ0v) is 32.9. The highest BCUT2D eigenvalue weighted by atomic mass is 16.6. The van der Waals surface area contributed by atoms with Crippen LogP contribution in [0, 0.1) is 6.92 Å². The van der Waals surface area contributed by atoms with Crippen molar-refractivity contribution in [3.63, 3.8) is 0 Å². The molecule has 302 valence electrons. The maximum absolute atomic E-state index is 14.3. The van der Waals surface area contributed by atoms with E-state index in [1.807, 2.05) is 54.0 Å². The van der Waals surface area contributed by atoms with E-state index in [0.717, 1.165) is 67.8 Å². The number of fused-ring (bicyclic) bond motifs is 2. The van der Waals surface area contributed by atoms with Crippen LogP contribution in [0.2, 0.25) is 0 Å². The van der Waals surface area contributed by atoms with Crippen molar-refractivity contribution in [1.29, 1.82) is 0 Å². The molecule has 3 aromatic rings. The lowest BCUT2D eigenvalue weighted by atomic mass is 9.99. The summed E-state index contributed by atoms with van der Waals surface area (Å²) in [6.07, 6.45) is 2.52. The van der Waals surface area contributed by atoms with Crippen LogP contribution in [0.15, 0.2) is 45.6 Å². The van der Waals surface area contributed by atoms with Crippen molar-refractivity contribution in [3.05, 3.63) is 63.6 Å². The number of rotatable bonds is 10. The molecular weight excluding hydrogens is 718 g/mol. The fraction of sp³-hybridized carbons (Fsp3) is 0.585. The van der Waals surface area contributed by atoms with Crippen LogP contribution in [0.1, 0.15) is 55.7 Å². The molecule has 15 nitrogen and oxygen atoms in total. The van der Waals surface area contributed by atoms with Gasteiger partial charge in [0, 0.05) is 96.7 Å². The number of nitrogens with zero attached hydrogens (tertiary/aromatic N) is 6. The van der Waals surface area contributed by atoms with Crippen molar-refractivity contribution in [3.8, 4) is 0 Å². The van der Waals surface area contributed by atoms with Crippen LogP contribution in [0.3, 0.4) is 0 Å². The quantitative estimate of drug-likeness (QED) is 0.303. The van der Waals surface area contributed by atoms with Crippen molar-refractivity contribution in [1.82, 2.24) is 29.1 Å². The number of amides is 4. The highest BCUT2D eigenvalue weighted by molar-refractivity contribution is 5.91. The Balaban J connectivity index is 0.973. The summed E-state index contributed by atoms with van der Waals surface area (Å²) in [4.78, 5) is 75.5. The number of piperidine rings is 2. The zero-order chi connectivity index (χ0) is 39.3. The molecular formula is C41H55N7O8. The Bertz CT molecular complexity index is 1950. The highest BCUT2D eigenvalue weighted by Gasteiger charge is 2.37. The van der Waals surface area contributed by atoms with Crippen LogP contribution in [-0.2, 0) is 39.0 Å². The summed E-state index contributed by atoms with van der Waals surface area (Å²) >= 11 is 0. The molecule has 7 rings (SSSR count). The lowest BCUT2D eigenvalue weighted by molar-refractivity contribution is -0.144. The lowest BCUT2D eigenvalue weighted by Crippen LogP contribution is -2.55. The van der Waals surface area contributed by atoms with Gasteiger partial charge < -0.3 is 38.8 Å². The second-order valence-corrected chi connectivity index (χ2v) is 15.5. The van der Waals surface area contributed by atoms with Gasteiger partial charge in [0.2, 0.25) is 0 Å². The van der Waals surface area contributed by atoms with E-state index < -0.39 is 18.0 Å². The Hall–Kier alpha value is -4.89. The fourth-order valence-electron chi connectivity index (χ4n) is 8.88. The number of nitrogens with one attached hydrogen (secondary N) is 1. The molecule has 56 heavy (non-hydrogen) atoms. The van der Waals surface area contributed by atoms with Crippen molar-refractivity contribution < 1.29 is 33.1 Å². The van der Waals surface area contributed by atoms with Gasteiger partial charge in [-0.2, -0.15) is 0 Å². The van der Waals surface area contributed by atoms with Gasteiger partial charge in [0.15, 0.2) is 11.7 Å². The molecule has 3 fully saturated rings. The van der Waals surface area contributed by atoms with Crippen LogP contribution in [0.4, 0.5) is 15.3 Å². The molecule has 2 aromatic carbocycles. The van der Waals surface area contributed by atoms with E-state index in [9.17, 15) is 24.0 Å². The number of hydrogen-bond donors (Lipinski definition) is 1. The van der Waals surface area contributed by atoms with E-state index >= 15 is 0 Å². The minimum Gasteiger partial charge on any atom is -0.466 e. The molecule has 0 aliphatic carbocycles. The number of aromatic nitrogens is 1. The molecule has 1 N–H and O–H groups in total. The number of urea groups is 1. The molecule has 0 unspecified atom stereocenters. The molecule has 1 atom stereocenters. The Kier molecular flexibility index (Phi) is 12.3. The maximum atomic E-state index is 14.3. The van der Waals surface area contributed by atoms with Crippen LogP contribution >= 0.6 is 0 Å². The number of para-hydroxylation sites is 1. The van der Waals surface area contributed by atoms with Gasteiger partial charge in [0.25, 0.3) is 5.91 Å². The molecule has 1 aromatic heterocycles. The summed E-state index contributed by atoms with van der Waals surface area (Å²) in [5, 5.41) is 3.05. The van der Waals surface area contributed by atoms with Crippen molar-refractivity contribution in [2.75, 3.05) is 77.4 Å². The van der Waals surface area contributed by atoms with E-state index in [4.69, 9.17) is 13.9 Å². The SMILES string of the molecule is CCOC(=O)CCN1CCN(C2CCN(C(=O)[C@@H](Cc3cc(C)c4c(c3)oc(=O)n4C)OC(=O)N3CCC(N4CCc5ccccc5NC4=O)CC3)CC2)CC1. The summed E-state index contributed by atoms with van der Waals surface area (Å²) < 4.78 is 18.2. The number of esters is 1. The van der Waals surface area contributed by atoms with E-state index in [-0.39, 0.29) is 30.4 Å². The third-order valence-electron chi connectivity index (χ3n) is 12.0. The largest absolute Gasteiger partial charge is 0.466 e. The number of benzene rings is 2. The lowest BCUT2D eigenvalue weighted by Gasteiger charge is -2.43. The number of aryl methyl sites for hydroxylation is 2. The van der Waals surface area contributed by atoms with E-state index in [1.165, 1.54) is 4.57 Å². The maximum Gasteiger partial charge on any atom is 0.419 e. The first-order valence-electron chi connectivity index (χ1n) is 20.2. The first-order valence-corrected chi connectivity index (χ1v) is 20.2. The van der Waals surface area contributed by atoms with Gasteiger partial charge in [-0.1, -0.05) is 24.3 Å². The molecule has 0 bridgehead atoms. The number of hydrogen-bond acceptors (Lipinski definition) is 10. The van der Waals surface area contributed by atoms with E-state index in [1.54, 1.807) is 18.0 Å². The Morgan fingerprint density at radius 1 is 0.893 bits per heavy atom. The number of carbonyl (C=O) groups is 4. The Labute approximate surface area is 327 Å². The average molecular weight is 774 g/mol. The first kappa shape index (κ1) is 39.3. The van der Waals surface area contributed by atoms with Gasteiger partial charge in [-0.15, -0.1) is 0 Å². The Morgan fingerprint density at radius 3 is 2.32 bits per heavy atom. The predicted molar refractivity (Wildman–Crippen MR) is 209 cm³/mol. The second kappa shape index (κ2) is 17.5. The third-order valence-corrected chi connectivity index (χ3v) is 12.0. The molecule has 0 spiro atoms. The summed E-state index contributed by atoms with van der Waals surface area (Å²) in [6, 6.07) is 11.7. The molecule has 5 heterocycles. The van der Waals surface area contributed by atoms with Crippen molar-refractivity contribution in [2.45, 2.75) is 77.0 Å². The van der Waals surface area contributed by atoms with E-state index in [2.05, 4.69) is 15.1 Å². The molecule has 0 saturated carbocycles. The number of likely N-dealkylation sites (tertiary alicyclic amines) is 2. The smallest absolute Gasteiger partial charge is 0.419 e. The van der Waals surface area contributed by atoms with Crippen LogP contribution < -0.4 is 11.1 Å². The molecule has 0 radical (unpaired) electrons. The number of oxazole rings is 1. The first-order chi connectivity index (χ1) is 27.1. The molecule has 4 aliphatic rings. The minimum absolute atomic E-state index is 0.0186. The Morgan fingerprint density at radius 2 is 1.59 bits per heavy atom.